The van der Waals surface area contributed by atoms with E-state index in [1.807, 2.05) is 19.1 Å². The molecule has 9 nitrogen and oxygen atoms in total. The Hall–Kier alpha value is -2.27. The summed E-state index contributed by atoms with van der Waals surface area (Å²) < 4.78 is 35.1. The average molecular weight is 491 g/mol. The van der Waals surface area contributed by atoms with Crippen LogP contribution in [-0.4, -0.2) is 73.1 Å². The van der Waals surface area contributed by atoms with E-state index in [0.717, 1.165) is 23.2 Å². The molecule has 0 amide bonds. The van der Waals surface area contributed by atoms with Crippen molar-refractivity contribution in [3.05, 3.63) is 34.6 Å². The summed E-state index contributed by atoms with van der Waals surface area (Å²) in [4.78, 5) is 16.2. The highest BCUT2D eigenvalue weighted by molar-refractivity contribution is 7.90. The minimum Gasteiger partial charge on any atom is -0.377 e. The normalized spacial score (nSPS) is 22.6. The van der Waals surface area contributed by atoms with Gasteiger partial charge < -0.3 is 9.64 Å². The van der Waals surface area contributed by atoms with E-state index in [1.54, 1.807) is 12.1 Å². The van der Waals surface area contributed by atoms with Crippen molar-refractivity contribution < 1.29 is 13.2 Å². The number of rotatable bonds is 4. The Morgan fingerprint density at radius 3 is 2.76 bits per heavy atom. The molecule has 11 heteroatoms. The molecule has 0 aromatic carbocycles. The molecule has 0 unspecified atom stereocenters. The zero-order chi connectivity index (χ0) is 23.2. The fourth-order valence-corrected chi connectivity index (χ4v) is 6.45. The van der Waals surface area contributed by atoms with Crippen LogP contribution >= 0.6 is 11.6 Å². The number of aromatic nitrogens is 3. The van der Waals surface area contributed by atoms with Crippen LogP contribution in [0, 0.1) is 0 Å². The molecule has 0 radical (unpaired) electrons. The number of halogens is 1. The standard InChI is InChI=1S/C22H27ClN6O3S/c1-3-27-8-5-9-29(33(27,30)31)21-13-20(28-10-11-32-14-15(28)2)25-22(26-21)17-12-19(23)24-18-7-4-6-16(17)18/h4,6,12-13,15H,3,5,7-11,14H2,1-2H3/t15-/m1/s1. The number of hydrogen-bond acceptors (Lipinski definition) is 7. The predicted octanol–water partition coefficient (Wildman–Crippen LogP) is 2.76. The third-order valence-corrected chi connectivity index (χ3v) is 8.50. The summed E-state index contributed by atoms with van der Waals surface area (Å²) in [6, 6.07) is 3.64. The number of ether oxygens (including phenoxy) is 1. The lowest BCUT2D eigenvalue weighted by Crippen LogP contribution is -2.50. The molecular weight excluding hydrogens is 464 g/mol. The van der Waals surface area contributed by atoms with Gasteiger partial charge in [-0.1, -0.05) is 30.7 Å². The maximum absolute atomic E-state index is 13.3. The Kier molecular flexibility index (Phi) is 6.02. The number of allylic oxidation sites excluding steroid dienone is 1. The van der Waals surface area contributed by atoms with Gasteiger partial charge in [0, 0.05) is 49.8 Å². The third kappa shape index (κ3) is 4.09. The fraction of sp³-hybridized carbons (Fsp3) is 0.500. The molecule has 2 aliphatic heterocycles. The van der Waals surface area contributed by atoms with Crippen LogP contribution in [0.4, 0.5) is 11.6 Å². The minimum absolute atomic E-state index is 0.103. The summed E-state index contributed by atoms with van der Waals surface area (Å²) >= 11 is 6.33. The van der Waals surface area contributed by atoms with E-state index in [0.29, 0.717) is 68.4 Å². The van der Waals surface area contributed by atoms with Crippen LogP contribution in [-0.2, 0) is 21.4 Å². The summed E-state index contributed by atoms with van der Waals surface area (Å²) in [6.45, 7) is 7.07. The first-order valence-corrected chi connectivity index (χ1v) is 13.0. The van der Waals surface area contributed by atoms with Crippen molar-refractivity contribution >= 4 is 39.5 Å². The van der Waals surface area contributed by atoms with E-state index >= 15 is 0 Å². The van der Waals surface area contributed by atoms with E-state index in [1.165, 1.54) is 8.61 Å². The second-order valence-electron chi connectivity index (χ2n) is 8.41. The second-order valence-corrected chi connectivity index (χ2v) is 10.6. The quantitative estimate of drug-likeness (QED) is 0.608. The van der Waals surface area contributed by atoms with Gasteiger partial charge in [0.2, 0.25) is 0 Å². The molecule has 4 heterocycles. The third-order valence-electron chi connectivity index (χ3n) is 6.29. The van der Waals surface area contributed by atoms with Crippen molar-refractivity contribution in [3.8, 4) is 11.4 Å². The van der Waals surface area contributed by atoms with Crippen molar-refractivity contribution in [1.29, 1.82) is 0 Å². The topological polar surface area (TPSA) is 91.8 Å². The molecule has 0 N–H and O–H groups in total. The molecule has 33 heavy (non-hydrogen) atoms. The summed E-state index contributed by atoms with van der Waals surface area (Å²) in [6.07, 6.45) is 5.45. The molecule has 3 aliphatic rings. The summed E-state index contributed by atoms with van der Waals surface area (Å²) in [5, 5.41) is 0.366. The highest BCUT2D eigenvalue weighted by atomic mass is 35.5. The molecule has 0 bridgehead atoms. The summed E-state index contributed by atoms with van der Waals surface area (Å²) in [7, 11) is -3.67. The Morgan fingerprint density at radius 1 is 1.15 bits per heavy atom. The van der Waals surface area contributed by atoms with Crippen LogP contribution < -0.4 is 9.21 Å². The molecule has 1 atom stereocenters. The Morgan fingerprint density at radius 2 is 1.97 bits per heavy atom. The maximum Gasteiger partial charge on any atom is 0.305 e. The van der Waals surface area contributed by atoms with Gasteiger partial charge in [-0.15, -0.1) is 0 Å². The van der Waals surface area contributed by atoms with Crippen molar-refractivity contribution in [3.63, 3.8) is 0 Å². The summed E-state index contributed by atoms with van der Waals surface area (Å²) in [5.74, 6) is 1.49. The number of fused-ring (bicyclic) bond motifs is 1. The van der Waals surface area contributed by atoms with Gasteiger partial charge in [-0.25, -0.2) is 19.3 Å². The van der Waals surface area contributed by atoms with Crippen LogP contribution in [0.15, 0.2) is 18.2 Å². The van der Waals surface area contributed by atoms with E-state index < -0.39 is 10.2 Å². The van der Waals surface area contributed by atoms with Gasteiger partial charge in [0.1, 0.15) is 16.8 Å². The van der Waals surface area contributed by atoms with E-state index in [2.05, 4.69) is 16.8 Å². The van der Waals surface area contributed by atoms with Gasteiger partial charge in [0.25, 0.3) is 0 Å². The fourth-order valence-electron chi connectivity index (χ4n) is 4.59. The molecule has 2 fully saturated rings. The number of morpholine rings is 1. The van der Waals surface area contributed by atoms with Crippen molar-refractivity contribution in [2.45, 2.75) is 32.7 Å². The molecule has 1 aliphatic carbocycles. The second kappa shape index (κ2) is 8.83. The largest absolute Gasteiger partial charge is 0.377 e. The Balaban J connectivity index is 1.68. The first-order chi connectivity index (χ1) is 15.9. The zero-order valence-corrected chi connectivity index (χ0v) is 20.3. The van der Waals surface area contributed by atoms with Gasteiger partial charge >= 0.3 is 10.2 Å². The van der Waals surface area contributed by atoms with Crippen molar-refractivity contribution in [1.82, 2.24) is 19.3 Å². The molecule has 2 saturated heterocycles. The minimum atomic E-state index is -3.67. The van der Waals surface area contributed by atoms with Crippen LogP contribution in [0.2, 0.25) is 5.15 Å². The summed E-state index contributed by atoms with van der Waals surface area (Å²) in [5.41, 5.74) is 2.55. The van der Waals surface area contributed by atoms with E-state index in [9.17, 15) is 8.42 Å². The average Bonchev–Trinajstić information content (AvgIpc) is 3.26. The van der Waals surface area contributed by atoms with Crippen LogP contribution in [0.5, 0.6) is 0 Å². The van der Waals surface area contributed by atoms with Crippen molar-refractivity contribution in [2.24, 2.45) is 0 Å². The lowest BCUT2D eigenvalue weighted by atomic mass is 10.1. The number of anilines is 2. The molecular formula is C22H27ClN6O3S. The van der Waals surface area contributed by atoms with Crippen LogP contribution in [0.3, 0.4) is 0 Å². The monoisotopic (exact) mass is 490 g/mol. The lowest BCUT2D eigenvalue weighted by Gasteiger charge is -2.37. The smallest absolute Gasteiger partial charge is 0.305 e. The highest BCUT2D eigenvalue weighted by Crippen LogP contribution is 2.35. The van der Waals surface area contributed by atoms with Gasteiger partial charge in [-0.3, -0.25) is 0 Å². The van der Waals surface area contributed by atoms with Gasteiger partial charge in [-0.2, -0.15) is 12.7 Å². The molecule has 2 aromatic rings. The number of nitrogens with zero attached hydrogens (tertiary/aromatic N) is 6. The van der Waals surface area contributed by atoms with E-state index in [-0.39, 0.29) is 6.04 Å². The Labute approximate surface area is 199 Å². The molecule has 5 rings (SSSR count). The molecule has 176 valence electrons. The zero-order valence-electron chi connectivity index (χ0n) is 18.7. The van der Waals surface area contributed by atoms with Gasteiger partial charge in [0.05, 0.1) is 24.9 Å². The van der Waals surface area contributed by atoms with Crippen LogP contribution in [0.25, 0.3) is 17.5 Å². The van der Waals surface area contributed by atoms with Gasteiger partial charge in [-0.05, 0) is 19.4 Å². The number of pyridine rings is 1. The number of hydrogen-bond donors (Lipinski definition) is 0. The maximum atomic E-state index is 13.3. The Bertz CT molecular complexity index is 1200. The van der Waals surface area contributed by atoms with Crippen LogP contribution in [0.1, 0.15) is 31.5 Å². The molecule has 0 spiro atoms. The van der Waals surface area contributed by atoms with Gasteiger partial charge in [0.15, 0.2) is 5.82 Å². The SMILES string of the molecule is CCN1CCCN(c2cc(N3CCOC[C@H]3C)nc(-c3cc(Cl)nc4c3C=CC4)n2)S1(=O)=O. The predicted molar refractivity (Wildman–Crippen MR) is 129 cm³/mol. The first-order valence-electron chi connectivity index (χ1n) is 11.3. The first kappa shape index (κ1) is 22.5. The molecule has 0 saturated carbocycles. The van der Waals surface area contributed by atoms with E-state index in [4.69, 9.17) is 26.3 Å². The lowest BCUT2D eigenvalue weighted by molar-refractivity contribution is 0.0985. The van der Waals surface area contributed by atoms with Crippen molar-refractivity contribution in [2.75, 3.05) is 48.6 Å². The molecule has 2 aromatic heterocycles. The highest BCUT2D eigenvalue weighted by Gasteiger charge is 2.35.